The minimum absolute atomic E-state index is 0.231. The van der Waals surface area contributed by atoms with E-state index in [4.69, 9.17) is 14.3 Å². The summed E-state index contributed by atoms with van der Waals surface area (Å²) in [6.07, 6.45) is 5.00. The summed E-state index contributed by atoms with van der Waals surface area (Å²) in [7, 11) is 1.52. The van der Waals surface area contributed by atoms with Gasteiger partial charge in [-0.3, -0.25) is 4.98 Å². The lowest BCUT2D eigenvalue weighted by Gasteiger charge is -2.33. The first-order valence-electron chi connectivity index (χ1n) is 10.6. The molecule has 1 aliphatic rings. The molecule has 1 amide bonds. The van der Waals surface area contributed by atoms with Gasteiger partial charge in [0, 0.05) is 18.7 Å². The molecule has 1 aromatic carbocycles. The molecule has 0 saturated carbocycles. The van der Waals surface area contributed by atoms with E-state index in [1.54, 1.807) is 17.3 Å². The molecule has 166 valence electrons. The van der Waals surface area contributed by atoms with Crippen molar-refractivity contribution < 1.29 is 19.1 Å². The van der Waals surface area contributed by atoms with Gasteiger partial charge in [-0.05, 0) is 57.2 Å². The third-order valence-corrected chi connectivity index (χ3v) is 5.00. The highest BCUT2D eigenvalue weighted by Gasteiger charge is 2.27. The van der Waals surface area contributed by atoms with Crippen LogP contribution in [0.25, 0.3) is 11.3 Å². The predicted molar refractivity (Wildman–Crippen MR) is 120 cm³/mol. The van der Waals surface area contributed by atoms with Gasteiger partial charge in [0.15, 0.2) is 0 Å². The Hall–Kier alpha value is -3.09. The summed E-state index contributed by atoms with van der Waals surface area (Å²) < 4.78 is 11.4. The maximum absolute atomic E-state index is 12.2. The molecule has 0 bridgehead atoms. The van der Waals surface area contributed by atoms with Gasteiger partial charge in [-0.2, -0.15) is 0 Å². The fourth-order valence-corrected chi connectivity index (χ4v) is 3.31. The number of nitrogens with zero attached hydrogens (tertiary/aromatic N) is 3. The molecule has 1 saturated heterocycles. The van der Waals surface area contributed by atoms with Gasteiger partial charge >= 0.3 is 6.09 Å². The molecule has 7 nitrogen and oxygen atoms in total. The van der Waals surface area contributed by atoms with Crippen LogP contribution < -0.4 is 4.74 Å². The molecular formula is C24H31N3O4. The second-order valence-corrected chi connectivity index (χ2v) is 8.64. The van der Waals surface area contributed by atoms with Crippen LogP contribution in [0.2, 0.25) is 0 Å². The zero-order valence-electron chi connectivity index (χ0n) is 18.7. The van der Waals surface area contributed by atoms with Gasteiger partial charge in [0.05, 0.1) is 24.7 Å². The van der Waals surface area contributed by atoms with Crippen LogP contribution in [0.3, 0.4) is 0 Å². The fourth-order valence-electron chi connectivity index (χ4n) is 3.31. The molecule has 1 aromatic heterocycles. The number of carbonyl (C=O) groups excluding carboxylic acids is 1. The van der Waals surface area contributed by atoms with Crippen LogP contribution in [0.15, 0.2) is 47.8 Å². The van der Waals surface area contributed by atoms with Crippen molar-refractivity contribution in [3.8, 4) is 17.0 Å². The minimum atomic E-state index is -0.462. The number of rotatable bonds is 6. The molecule has 1 fully saturated rings. The molecule has 0 N–H and O–H groups in total. The Bertz CT molecular complexity index is 865. The number of amides is 1. The smallest absolute Gasteiger partial charge is 0.410 e. The van der Waals surface area contributed by atoms with Crippen molar-refractivity contribution >= 4 is 12.3 Å². The first-order valence-corrected chi connectivity index (χ1v) is 10.6. The number of hydrogen-bond donors (Lipinski definition) is 0. The number of hydrogen-bond acceptors (Lipinski definition) is 6. The van der Waals surface area contributed by atoms with Crippen LogP contribution in [0.4, 0.5) is 4.79 Å². The Morgan fingerprint density at radius 3 is 2.45 bits per heavy atom. The van der Waals surface area contributed by atoms with Crippen LogP contribution in [0.5, 0.6) is 5.75 Å². The van der Waals surface area contributed by atoms with Crippen molar-refractivity contribution in [2.24, 2.45) is 11.1 Å². The van der Waals surface area contributed by atoms with Crippen LogP contribution >= 0.6 is 0 Å². The van der Waals surface area contributed by atoms with E-state index in [0.29, 0.717) is 25.6 Å². The first-order chi connectivity index (χ1) is 14.8. The monoisotopic (exact) mass is 425 g/mol. The maximum Gasteiger partial charge on any atom is 0.410 e. The molecule has 31 heavy (non-hydrogen) atoms. The summed E-state index contributed by atoms with van der Waals surface area (Å²) in [6, 6.07) is 11.8. The Morgan fingerprint density at radius 1 is 1.16 bits per heavy atom. The number of likely N-dealkylation sites (tertiary alicyclic amines) is 1. The zero-order chi connectivity index (χ0) is 22.3. The molecule has 1 aliphatic heterocycles. The summed E-state index contributed by atoms with van der Waals surface area (Å²) >= 11 is 0. The molecule has 2 heterocycles. The molecule has 2 aromatic rings. The highest BCUT2D eigenvalue weighted by Crippen LogP contribution is 2.23. The maximum atomic E-state index is 12.2. The van der Waals surface area contributed by atoms with Gasteiger partial charge in [-0.15, -0.1) is 0 Å². The number of carbonyl (C=O) groups is 1. The lowest BCUT2D eigenvalue weighted by molar-refractivity contribution is 0.0165. The van der Waals surface area contributed by atoms with Crippen LogP contribution in [-0.2, 0) is 9.57 Å². The molecule has 0 aliphatic carbocycles. The minimum Gasteiger partial charge on any atom is -0.492 e. The highest BCUT2D eigenvalue weighted by molar-refractivity contribution is 5.80. The van der Waals surface area contributed by atoms with E-state index in [1.165, 1.54) is 7.11 Å². The van der Waals surface area contributed by atoms with Crippen molar-refractivity contribution in [3.63, 3.8) is 0 Å². The summed E-state index contributed by atoms with van der Waals surface area (Å²) in [5, 5.41) is 3.76. The van der Waals surface area contributed by atoms with Crippen LogP contribution in [0.1, 0.15) is 39.2 Å². The number of oxime groups is 1. The Balaban J connectivity index is 1.46. The van der Waals surface area contributed by atoms with E-state index < -0.39 is 5.60 Å². The lowest BCUT2D eigenvalue weighted by atomic mass is 9.98. The van der Waals surface area contributed by atoms with E-state index in [1.807, 2.05) is 57.2 Å². The Kier molecular flexibility index (Phi) is 7.50. The Morgan fingerprint density at radius 2 is 1.87 bits per heavy atom. The van der Waals surface area contributed by atoms with Crippen molar-refractivity contribution in [2.75, 3.05) is 26.8 Å². The van der Waals surface area contributed by atoms with Crippen LogP contribution in [0, 0.1) is 5.92 Å². The average molecular weight is 426 g/mol. The largest absolute Gasteiger partial charge is 0.492 e. The van der Waals surface area contributed by atoms with E-state index in [-0.39, 0.29) is 6.09 Å². The van der Waals surface area contributed by atoms with E-state index in [0.717, 1.165) is 35.4 Å². The third-order valence-electron chi connectivity index (χ3n) is 5.00. The van der Waals surface area contributed by atoms with Crippen molar-refractivity contribution in [2.45, 2.75) is 39.2 Å². The average Bonchev–Trinajstić information content (AvgIpc) is 2.76. The van der Waals surface area contributed by atoms with Crippen molar-refractivity contribution in [1.29, 1.82) is 0 Å². The first kappa shape index (κ1) is 22.6. The summed E-state index contributed by atoms with van der Waals surface area (Å²) in [4.78, 5) is 23.2. The number of aromatic nitrogens is 1. The van der Waals surface area contributed by atoms with Gasteiger partial charge < -0.3 is 19.2 Å². The van der Waals surface area contributed by atoms with Crippen molar-refractivity contribution in [1.82, 2.24) is 9.88 Å². The standard InChI is InChI=1S/C24H31N3O4/c1-24(2,3)31-23(28)27-13-11-19(12-14-27)17-30-21-9-10-22(25-16-21)20-7-5-18(6-8-20)15-26-29-4/h5-10,15-16,19H,11-14,17H2,1-4H3/b26-15+. The number of benzene rings is 1. The number of pyridine rings is 1. The van der Waals surface area contributed by atoms with Gasteiger partial charge in [0.2, 0.25) is 0 Å². The molecule has 0 radical (unpaired) electrons. The molecule has 0 unspecified atom stereocenters. The van der Waals surface area contributed by atoms with Gasteiger partial charge in [-0.25, -0.2) is 4.79 Å². The van der Waals surface area contributed by atoms with Gasteiger partial charge in [0.1, 0.15) is 18.5 Å². The van der Waals surface area contributed by atoms with Gasteiger partial charge in [0.25, 0.3) is 0 Å². The fraction of sp³-hybridized carbons (Fsp3) is 0.458. The van der Waals surface area contributed by atoms with Crippen LogP contribution in [-0.4, -0.2) is 54.6 Å². The van der Waals surface area contributed by atoms with E-state index in [9.17, 15) is 4.79 Å². The van der Waals surface area contributed by atoms with Gasteiger partial charge in [-0.1, -0.05) is 29.4 Å². The van der Waals surface area contributed by atoms with Crippen molar-refractivity contribution in [3.05, 3.63) is 48.2 Å². The summed E-state index contributed by atoms with van der Waals surface area (Å²) in [6.45, 7) is 7.68. The molecule has 3 rings (SSSR count). The molecule has 0 spiro atoms. The number of piperidine rings is 1. The highest BCUT2D eigenvalue weighted by atomic mass is 16.6. The Labute approximate surface area is 184 Å². The summed E-state index contributed by atoms with van der Waals surface area (Å²) in [5.74, 6) is 1.17. The SMILES string of the molecule is CO/N=C/c1ccc(-c2ccc(OCC3CCN(C(=O)OC(C)(C)C)CC3)cn2)cc1. The lowest BCUT2D eigenvalue weighted by Crippen LogP contribution is -2.42. The second-order valence-electron chi connectivity index (χ2n) is 8.64. The number of ether oxygens (including phenoxy) is 2. The summed E-state index contributed by atoms with van der Waals surface area (Å²) in [5.41, 5.74) is 2.41. The second kappa shape index (κ2) is 10.3. The third kappa shape index (κ3) is 6.98. The van der Waals surface area contributed by atoms with E-state index in [2.05, 4.69) is 10.1 Å². The van der Waals surface area contributed by atoms with E-state index >= 15 is 0 Å². The topological polar surface area (TPSA) is 73.2 Å². The molecule has 0 atom stereocenters. The normalized spacial score (nSPS) is 15.2. The molecule has 7 heteroatoms. The molecular weight excluding hydrogens is 394 g/mol. The quantitative estimate of drug-likeness (QED) is 0.493. The zero-order valence-corrected chi connectivity index (χ0v) is 18.7. The predicted octanol–water partition coefficient (Wildman–Crippen LogP) is 4.75.